The minimum absolute atomic E-state index is 0. The topological polar surface area (TPSA) is 138 Å². The third-order valence-corrected chi connectivity index (χ3v) is 6.16. The summed E-state index contributed by atoms with van der Waals surface area (Å²) in [6.45, 7) is 2.62. The van der Waals surface area contributed by atoms with E-state index in [4.69, 9.17) is 5.73 Å². The van der Waals surface area contributed by atoms with Gasteiger partial charge in [-0.15, -0.1) is 23.7 Å². The normalized spacial score (nSPS) is 17.3. The number of nitrogens with one attached hydrogen (secondary N) is 2. The molecule has 166 valence electrons. The number of carbonyl (C=O) groups excluding carboxylic acids is 4. The van der Waals surface area contributed by atoms with E-state index in [1.165, 1.54) is 11.3 Å². The van der Waals surface area contributed by atoms with Crippen LogP contribution < -0.4 is 16.4 Å². The fourth-order valence-corrected chi connectivity index (χ4v) is 4.55. The summed E-state index contributed by atoms with van der Waals surface area (Å²) in [5.41, 5.74) is 5.87. The minimum atomic E-state index is -1.14. The molecule has 2 aliphatic rings. The number of rotatable bonds is 5. The van der Waals surface area contributed by atoms with Crippen LogP contribution in [0.4, 0.5) is 0 Å². The van der Waals surface area contributed by atoms with E-state index < -0.39 is 23.8 Å². The number of piperidine rings is 1. The number of likely N-dealkylation sites (N-methyl/N-ethyl adjacent to an activating group) is 1. The highest BCUT2D eigenvalue weighted by Crippen LogP contribution is 2.24. The zero-order valence-electron chi connectivity index (χ0n) is 16.8. The molecule has 0 bridgehead atoms. The second-order valence-corrected chi connectivity index (χ2v) is 8.45. The van der Waals surface area contributed by atoms with E-state index in [0.717, 1.165) is 49.3 Å². The molecule has 3 rings (SSSR count). The number of aromatic nitrogens is 1. The molecule has 1 atom stereocenters. The van der Waals surface area contributed by atoms with Crippen LogP contribution in [0.2, 0.25) is 0 Å². The standard InChI is InChI=1S/C18H26N6O4S.ClH/c1-23-8-5-11-13(10-23)29-17(22-11)16(27)21-12(9-20-15(26)14(19)25)18(28)24-6-3-2-4-7-24;/h12H,2-10H2,1H3,(H2,19,25)(H,20,26)(H,21,27);1H. The molecule has 1 aromatic rings. The van der Waals surface area contributed by atoms with E-state index in [-0.39, 0.29) is 24.9 Å². The molecule has 1 aromatic heterocycles. The summed E-state index contributed by atoms with van der Waals surface area (Å²) in [7, 11) is 2.01. The second-order valence-electron chi connectivity index (χ2n) is 7.36. The van der Waals surface area contributed by atoms with E-state index >= 15 is 0 Å². The first-order valence-electron chi connectivity index (χ1n) is 9.69. The average Bonchev–Trinajstić information content (AvgIpc) is 3.14. The quantitative estimate of drug-likeness (QED) is 0.497. The lowest BCUT2D eigenvalue weighted by molar-refractivity contribution is -0.138. The number of likely N-dealkylation sites (tertiary alicyclic amines) is 1. The monoisotopic (exact) mass is 458 g/mol. The van der Waals surface area contributed by atoms with E-state index in [1.54, 1.807) is 4.90 Å². The number of hydrogen-bond acceptors (Lipinski definition) is 7. The summed E-state index contributed by atoms with van der Waals surface area (Å²) in [5, 5.41) is 5.29. The van der Waals surface area contributed by atoms with Crippen LogP contribution in [0, 0.1) is 0 Å². The van der Waals surface area contributed by atoms with Gasteiger partial charge in [-0.1, -0.05) is 0 Å². The van der Waals surface area contributed by atoms with Crippen molar-refractivity contribution in [1.29, 1.82) is 0 Å². The molecule has 3 heterocycles. The highest BCUT2D eigenvalue weighted by atomic mass is 35.5. The molecule has 0 saturated carbocycles. The van der Waals surface area contributed by atoms with Gasteiger partial charge in [-0.05, 0) is 26.3 Å². The molecular formula is C18H27ClN6O4S. The molecule has 1 fully saturated rings. The summed E-state index contributed by atoms with van der Waals surface area (Å²) in [6, 6.07) is -0.993. The highest BCUT2D eigenvalue weighted by Gasteiger charge is 2.30. The highest BCUT2D eigenvalue weighted by molar-refractivity contribution is 7.13. The van der Waals surface area contributed by atoms with Crippen molar-refractivity contribution in [3.8, 4) is 0 Å². The number of nitrogens with zero attached hydrogens (tertiary/aromatic N) is 3. The Hall–Kier alpha value is -2.24. The smallest absolute Gasteiger partial charge is 0.309 e. The lowest BCUT2D eigenvalue weighted by Crippen LogP contribution is -2.55. The van der Waals surface area contributed by atoms with Crippen LogP contribution in [0.5, 0.6) is 0 Å². The SMILES string of the molecule is CN1CCc2nc(C(=O)NC(CNC(=O)C(N)=O)C(=O)N3CCCCC3)sc2C1.Cl. The van der Waals surface area contributed by atoms with Gasteiger partial charge in [-0.3, -0.25) is 19.2 Å². The Kier molecular flexibility index (Phi) is 8.56. The summed E-state index contributed by atoms with van der Waals surface area (Å²) in [4.78, 5) is 57.5. The molecule has 4 amide bonds. The molecular weight excluding hydrogens is 432 g/mol. The molecule has 1 unspecified atom stereocenters. The van der Waals surface area contributed by atoms with Gasteiger partial charge in [0.25, 0.3) is 5.91 Å². The van der Waals surface area contributed by atoms with Crippen molar-refractivity contribution in [2.45, 2.75) is 38.3 Å². The maximum absolute atomic E-state index is 12.9. The Bertz CT molecular complexity index is 811. The van der Waals surface area contributed by atoms with E-state index in [0.29, 0.717) is 18.1 Å². The summed E-state index contributed by atoms with van der Waals surface area (Å²) in [6.07, 6.45) is 3.62. The Morgan fingerprint density at radius 1 is 1.17 bits per heavy atom. The maximum Gasteiger partial charge on any atom is 0.309 e. The first-order valence-corrected chi connectivity index (χ1v) is 10.5. The molecule has 0 spiro atoms. The largest absolute Gasteiger partial charge is 0.361 e. The van der Waals surface area contributed by atoms with Crippen LogP contribution in [0.3, 0.4) is 0 Å². The first kappa shape index (κ1) is 24.0. The van der Waals surface area contributed by atoms with E-state index in [9.17, 15) is 19.2 Å². The fraction of sp³-hybridized carbons (Fsp3) is 0.611. The number of fused-ring (bicyclic) bond motifs is 1. The van der Waals surface area contributed by atoms with Crippen LogP contribution in [-0.4, -0.2) is 77.7 Å². The molecule has 2 aliphatic heterocycles. The van der Waals surface area contributed by atoms with Gasteiger partial charge in [-0.2, -0.15) is 0 Å². The van der Waals surface area contributed by atoms with Gasteiger partial charge in [0.05, 0.1) is 5.69 Å². The molecule has 0 radical (unpaired) electrons. The summed E-state index contributed by atoms with van der Waals surface area (Å²) < 4.78 is 0. The molecule has 10 nitrogen and oxygen atoms in total. The van der Waals surface area contributed by atoms with Crippen molar-refractivity contribution >= 4 is 47.4 Å². The number of primary amides is 1. The predicted octanol–water partition coefficient (Wildman–Crippen LogP) is -0.735. The van der Waals surface area contributed by atoms with Crippen molar-refractivity contribution in [2.75, 3.05) is 33.2 Å². The van der Waals surface area contributed by atoms with Gasteiger partial charge >= 0.3 is 11.8 Å². The van der Waals surface area contributed by atoms with Crippen LogP contribution in [-0.2, 0) is 27.3 Å². The molecule has 1 saturated heterocycles. The lowest BCUT2D eigenvalue weighted by Gasteiger charge is -2.30. The number of amides is 4. The third-order valence-electron chi connectivity index (χ3n) is 5.08. The number of nitrogens with two attached hydrogens (primary N) is 1. The zero-order chi connectivity index (χ0) is 21.0. The Morgan fingerprint density at radius 2 is 1.87 bits per heavy atom. The summed E-state index contributed by atoms with van der Waals surface area (Å²) in [5.74, 6) is -2.89. The van der Waals surface area contributed by atoms with Gasteiger partial charge in [0.15, 0.2) is 5.01 Å². The van der Waals surface area contributed by atoms with Crippen LogP contribution in [0.1, 0.15) is 39.6 Å². The lowest BCUT2D eigenvalue weighted by atomic mass is 10.1. The number of hydrogen-bond donors (Lipinski definition) is 3. The van der Waals surface area contributed by atoms with Crippen LogP contribution in [0.15, 0.2) is 0 Å². The van der Waals surface area contributed by atoms with Gasteiger partial charge in [0, 0.05) is 44.0 Å². The zero-order valence-corrected chi connectivity index (χ0v) is 18.4. The van der Waals surface area contributed by atoms with Gasteiger partial charge in [0.2, 0.25) is 5.91 Å². The van der Waals surface area contributed by atoms with Crippen molar-refractivity contribution in [3.05, 3.63) is 15.6 Å². The van der Waals surface area contributed by atoms with Gasteiger partial charge in [0.1, 0.15) is 6.04 Å². The fourth-order valence-electron chi connectivity index (χ4n) is 3.46. The van der Waals surface area contributed by atoms with Crippen molar-refractivity contribution in [2.24, 2.45) is 5.73 Å². The van der Waals surface area contributed by atoms with Gasteiger partial charge in [-0.25, -0.2) is 4.98 Å². The Labute approximate surface area is 185 Å². The number of halogens is 1. The van der Waals surface area contributed by atoms with Crippen molar-refractivity contribution in [3.63, 3.8) is 0 Å². The second kappa shape index (κ2) is 10.7. The third kappa shape index (κ3) is 5.89. The molecule has 0 aliphatic carbocycles. The maximum atomic E-state index is 12.9. The number of carbonyl (C=O) groups is 4. The number of thiazole rings is 1. The Morgan fingerprint density at radius 3 is 2.53 bits per heavy atom. The van der Waals surface area contributed by atoms with Crippen molar-refractivity contribution in [1.82, 2.24) is 25.4 Å². The van der Waals surface area contributed by atoms with Crippen LogP contribution >= 0.6 is 23.7 Å². The first-order chi connectivity index (χ1) is 13.8. The van der Waals surface area contributed by atoms with E-state index in [1.807, 2.05) is 7.05 Å². The predicted molar refractivity (Wildman–Crippen MR) is 113 cm³/mol. The summed E-state index contributed by atoms with van der Waals surface area (Å²) >= 11 is 1.31. The van der Waals surface area contributed by atoms with Crippen molar-refractivity contribution < 1.29 is 19.2 Å². The molecule has 30 heavy (non-hydrogen) atoms. The average molecular weight is 459 g/mol. The molecule has 12 heteroatoms. The van der Waals surface area contributed by atoms with E-state index in [2.05, 4.69) is 20.5 Å². The molecule has 0 aromatic carbocycles. The molecule has 4 N–H and O–H groups in total. The minimum Gasteiger partial charge on any atom is -0.361 e. The van der Waals surface area contributed by atoms with Crippen LogP contribution in [0.25, 0.3) is 0 Å². The Balaban J connectivity index is 0.00000320. The van der Waals surface area contributed by atoms with Gasteiger partial charge < -0.3 is 26.2 Å².